The molecule has 0 spiro atoms. The summed E-state index contributed by atoms with van der Waals surface area (Å²) in [5.74, 6) is 1.42. The molecule has 2 atom stereocenters. The third-order valence-corrected chi connectivity index (χ3v) is 9.55. The fraction of sp³-hybridized carbons (Fsp3) is 0.480. The van der Waals surface area contributed by atoms with E-state index in [1.54, 1.807) is 6.07 Å². The number of fused-ring (bicyclic) bond motifs is 3. The molecule has 3 aromatic rings. The fourth-order valence-electron chi connectivity index (χ4n) is 6.33. The molecule has 6 rings (SSSR count). The molecule has 1 aromatic carbocycles. The van der Waals surface area contributed by atoms with E-state index in [2.05, 4.69) is 27.2 Å². The summed E-state index contributed by atoms with van der Waals surface area (Å²) in [5, 5.41) is 1.13. The maximum atomic E-state index is 12.6. The van der Waals surface area contributed by atoms with Crippen LogP contribution in [0.25, 0.3) is 16.6 Å². The molecule has 7 nitrogen and oxygen atoms in total. The van der Waals surface area contributed by atoms with Gasteiger partial charge in [-0.05, 0) is 76.9 Å². The smallest absolute Gasteiger partial charge is 0.243 e. The summed E-state index contributed by atoms with van der Waals surface area (Å²) in [4.78, 5) is 7.68. The average Bonchev–Trinajstić information content (AvgIpc) is 3.34. The van der Waals surface area contributed by atoms with Crippen molar-refractivity contribution < 1.29 is 12.8 Å². The molecule has 0 unspecified atom stereocenters. The molecule has 1 N–H and O–H groups in total. The molecule has 0 bridgehead atoms. The number of hydrogen-bond acceptors (Lipinski definition) is 5. The third kappa shape index (κ3) is 2.80. The van der Waals surface area contributed by atoms with Crippen LogP contribution in [0.5, 0.6) is 0 Å². The highest BCUT2D eigenvalue weighted by Crippen LogP contribution is 2.57. The summed E-state index contributed by atoms with van der Waals surface area (Å²) in [7, 11) is -2.11. The van der Waals surface area contributed by atoms with Gasteiger partial charge in [0, 0.05) is 23.0 Å². The van der Waals surface area contributed by atoms with E-state index in [-0.39, 0.29) is 16.4 Å². The second-order valence-electron chi connectivity index (χ2n) is 9.65. The lowest BCUT2D eigenvalue weighted by molar-refractivity contribution is 0.0269. The number of piperidine rings is 1. The van der Waals surface area contributed by atoms with Gasteiger partial charge in [0.05, 0.1) is 22.1 Å². The predicted molar refractivity (Wildman–Crippen MR) is 128 cm³/mol. The lowest BCUT2D eigenvalue weighted by atomic mass is 9.66. The van der Waals surface area contributed by atoms with Crippen LogP contribution in [-0.2, 0) is 16.4 Å². The molecule has 3 aliphatic rings. The van der Waals surface area contributed by atoms with Crippen molar-refractivity contribution >= 4 is 26.6 Å². The van der Waals surface area contributed by atoms with Gasteiger partial charge in [-0.25, -0.2) is 18.1 Å². The van der Waals surface area contributed by atoms with Crippen LogP contribution in [0.15, 0.2) is 33.6 Å². The van der Waals surface area contributed by atoms with Gasteiger partial charge in [-0.3, -0.25) is 4.90 Å². The van der Waals surface area contributed by atoms with Crippen molar-refractivity contribution in [3.63, 3.8) is 0 Å². The van der Waals surface area contributed by atoms with Gasteiger partial charge in [0.1, 0.15) is 11.5 Å². The lowest BCUT2D eigenvalue weighted by Crippen LogP contribution is -2.50. The second kappa shape index (κ2) is 7.04. The Morgan fingerprint density at radius 1 is 1.27 bits per heavy atom. The van der Waals surface area contributed by atoms with E-state index in [0.29, 0.717) is 5.89 Å². The number of aromatic nitrogens is 2. The van der Waals surface area contributed by atoms with Crippen LogP contribution in [0.3, 0.4) is 0 Å². The minimum Gasteiger partial charge on any atom is -0.440 e. The topological polar surface area (TPSA) is 80.4 Å². The standard InChI is InChI=1S/C25H30N4O3S/c1-5-25-10-6-11-28-12-9-19-18-8-7-17(33(30,31)26-4)13-20(18)29(22(19)23(25)28)21(14-25)24-27-15(2)16(3)32-24/h7-8,13-14,23,26H,5-6,9-12H2,1-4H3/t23-,25+/m1/s1. The summed E-state index contributed by atoms with van der Waals surface area (Å²) in [6.45, 7) is 8.33. The Bertz CT molecular complexity index is 1410. The van der Waals surface area contributed by atoms with Crippen LogP contribution in [0, 0.1) is 19.3 Å². The van der Waals surface area contributed by atoms with E-state index in [0.717, 1.165) is 60.4 Å². The predicted octanol–water partition coefficient (Wildman–Crippen LogP) is 4.15. The van der Waals surface area contributed by atoms with Crippen LogP contribution >= 0.6 is 0 Å². The van der Waals surface area contributed by atoms with Crippen molar-refractivity contribution in [2.45, 2.75) is 57.4 Å². The number of aryl methyl sites for hydroxylation is 2. The van der Waals surface area contributed by atoms with Crippen LogP contribution in [0.2, 0.25) is 0 Å². The highest BCUT2D eigenvalue weighted by molar-refractivity contribution is 7.89. The summed E-state index contributed by atoms with van der Waals surface area (Å²) in [6.07, 6.45) is 6.70. The first-order chi connectivity index (χ1) is 15.8. The number of nitrogens with one attached hydrogen (secondary N) is 1. The lowest BCUT2D eigenvalue weighted by Gasteiger charge is -2.53. The molecule has 174 valence electrons. The van der Waals surface area contributed by atoms with Crippen molar-refractivity contribution in [2.24, 2.45) is 5.41 Å². The summed E-state index contributed by atoms with van der Waals surface area (Å²) in [5.41, 5.74) is 5.38. The minimum absolute atomic E-state index is 0.0172. The molecule has 0 amide bonds. The van der Waals surface area contributed by atoms with Crippen molar-refractivity contribution in [2.75, 3.05) is 20.1 Å². The number of hydrogen-bond donors (Lipinski definition) is 1. The van der Waals surface area contributed by atoms with E-state index in [4.69, 9.17) is 9.40 Å². The molecule has 8 heteroatoms. The molecule has 0 aliphatic carbocycles. The zero-order chi connectivity index (χ0) is 23.1. The molecule has 2 aromatic heterocycles. The van der Waals surface area contributed by atoms with Crippen molar-refractivity contribution in [1.82, 2.24) is 19.2 Å². The van der Waals surface area contributed by atoms with Gasteiger partial charge in [-0.1, -0.05) is 13.0 Å². The highest BCUT2D eigenvalue weighted by Gasteiger charge is 2.51. The molecule has 1 saturated heterocycles. The zero-order valence-electron chi connectivity index (χ0n) is 19.6. The maximum Gasteiger partial charge on any atom is 0.243 e. The Morgan fingerprint density at radius 2 is 2.09 bits per heavy atom. The average molecular weight is 467 g/mol. The largest absolute Gasteiger partial charge is 0.440 e. The van der Waals surface area contributed by atoms with Crippen molar-refractivity contribution in [3.8, 4) is 0 Å². The first-order valence-corrected chi connectivity index (χ1v) is 13.3. The fourth-order valence-corrected chi connectivity index (χ4v) is 7.08. The molecule has 0 saturated carbocycles. The first kappa shape index (κ1) is 21.1. The Balaban J connectivity index is 1.72. The van der Waals surface area contributed by atoms with Gasteiger partial charge in [0.2, 0.25) is 15.9 Å². The minimum atomic E-state index is -3.56. The summed E-state index contributed by atoms with van der Waals surface area (Å²) >= 11 is 0. The number of benzene rings is 1. The van der Waals surface area contributed by atoms with Gasteiger partial charge < -0.3 is 8.98 Å². The van der Waals surface area contributed by atoms with Gasteiger partial charge in [0.25, 0.3) is 0 Å². The summed E-state index contributed by atoms with van der Waals surface area (Å²) < 4.78 is 36.2. The van der Waals surface area contributed by atoms with Crippen LogP contribution in [0.4, 0.5) is 0 Å². The third-order valence-electron chi connectivity index (χ3n) is 8.14. The molecule has 33 heavy (non-hydrogen) atoms. The van der Waals surface area contributed by atoms with Crippen LogP contribution < -0.4 is 4.72 Å². The quantitative estimate of drug-likeness (QED) is 0.625. The first-order valence-electron chi connectivity index (χ1n) is 11.8. The van der Waals surface area contributed by atoms with Crippen molar-refractivity contribution in [3.05, 3.63) is 52.9 Å². The normalized spacial score (nSPS) is 24.7. The molecular formula is C25H30N4O3S. The number of oxazole rings is 1. The molecule has 1 fully saturated rings. The monoisotopic (exact) mass is 466 g/mol. The Kier molecular flexibility index (Phi) is 4.51. The summed E-state index contributed by atoms with van der Waals surface area (Å²) in [6, 6.07) is 5.80. The van der Waals surface area contributed by atoms with Crippen LogP contribution in [0.1, 0.15) is 60.8 Å². The van der Waals surface area contributed by atoms with Crippen LogP contribution in [-0.4, -0.2) is 43.0 Å². The Morgan fingerprint density at radius 3 is 2.79 bits per heavy atom. The highest BCUT2D eigenvalue weighted by atomic mass is 32.2. The van der Waals surface area contributed by atoms with E-state index in [1.807, 2.05) is 26.0 Å². The SMILES string of the molecule is CC[C@@]12C=C(c3nc(C)c(C)o3)n3c4c(c5ccc(S(=O)(=O)NC)cc53)CCN(CCC1)[C@H]42. The van der Waals surface area contributed by atoms with Crippen molar-refractivity contribution in [1.29, 1.82) is 0 Å². The Labute approximate surface area is 194 Å². The maximum absolute atomic E-state index is 12.6. The number of sulfonamides is 1. The number of nitrogens with zero attached hydrogens (tertiary/aromatic N) is 3. The van der Waals surface area contributed by atoms with E-state index in [9.17, 15) is 8.42 Å². The Hall–Kier alpha value is -2.42. The molecule has 3 aliphatic heterocycles. The zero-order valence-corrected chi connectivity index (χ0v) is 20.4. The van der Waals surface area contributed by atoms with E-state index < -0.39 is 10.0 Å². The van der Waals surface area contributed by atoms with Gasteiger partial charge in [-0.15, -0.1) is 0 Å². The number of rotatable bonds is 4. The van der Waals surface area contributed by atoms with Gasteiger partial charge in [0.15, 0.2) is 0 Å². The molecule has 0 radical (unpaired) electrons. The van der Waals surface area contributed by atoms with Gasteiger partial charge in [-0.2, -0.15) is 0 Å². The second-order valence-corrected chi connectivity index (χ2v) is 11.5. The van der Waals surface area contributed by atoms with Gasteiger partial charge >= 0.3 is 0 Å². The molecule has 5 heterocycles. The molecular weight excluding hydrogens is 436 g/mol. The van der Waals surface area contributed by atoms with E-state index in [1.165, 1.54) is 24.7 Å². The van der Waals surface area contributed by atoms with E-state index >= 15 is 0 Å².